The summed E-state index contributed by atoms with van der Waals surface area (Å²) in [4.78, 5) is 15.9. The third kappa shape index (κ3) is 5.38. The van der Waals surface area contributed by atoms with Crippen LogP contribution in [0.2, 0.25) is 0 Å². The monoisotopic (exact) mass is 447 g/mol. The van der Waals surface area contributed by atoms with Gasteiger partial charge < -0.3 is 20.5 Å². The number of nitrogens with zero attached hydrogens (tertiary/aromatic N) is 1. The van der Waals surface area contributed by atoms with Crippen LogP contribution in [-0.2, 0) is 11.3 Å². The Labute approximate surface area is 195 Å². The molecule has 4 aliphatic rings. The van der Waals surface area contributed by atoms with E-state index in [2.05, 4.69) is 22.8 Å². The Balaban J connectivity index is 1.19. The van der Waals surface area contributed by atoms with Gasteiger partial charge in [-0.3, -0.25) is 0 Å². The third-order valence-corrected chi connectivity index (χ3v) is 7.44. The largest absolute Gasteiger partial charge is 0.478 e. The van der Waals surface area contributed by atoms with Gasteiger partial charge in [0.1, 0.15) is 0 Å². The van der Waals surface area contributed by atoms with Crippen LogP contribution in [0.1, 0.15) is 54.4 Å². The molecule has 0 aliphatic heterocycles. The molecule has 3 N–H and O–H groups in total. The second kappa shape index (κ2) is 9.56. The van der Waals surface area contributed by atoms with Gasteiger partial charge >= 0.3 is 5.97 Å². The summed E-state index contributed by atoms with van der Waals surface area (Å²) in [7, 11) is 0. The molecule has 2 aromatic rings. The molecule has 174 valence electrons. The number of carbonyl (C=O) groups is 1. The first-order chi connectivity index (χ1) is 16.1. The molecule has 0 amide bonds. The van der Waals surface area contributed by atoms with Crippen LogP contribution in [0, 0.1) is 17.8 Å². The minimum Gasteiger partial charge on any atom is -0.478 e. The van der Waals surface area contributed by atoms with Gasteiger partial charge in [-0.15, -0.1) is 0 Å². The fraction of sp³-hybridized carbons (Fsp3) is 0.481. The lowest BCUT2D eigenvalue weighted by Crippen LogP contribution is -2.52. The molecule has 4 bridgehead atoms. The number of guanidine groups is 1. The van der Waals surface area contributed by atoms with Crippen molar-refractivity contribution in [3.8, 4) is 0 Å². The summed E-state index contributed by atoms with van der Waals surface area (Å²) in [6.45, 7) is 1.89. The predicted molar refractivity (Wildman–Crippen MR) is 129 cm³/mol. The zero-order valence-corrected chi connectivity index (χ0v) is 19.0. The zero-order chi connectivity index (χ0) is 22.7. The second-order valence-electron chi connectivity index (χ2n) is 10.0. The minimum atomic E-state index is -0.931. The molecule has 2 aromatic carbocycles. The van der Waals surface area contributed by atoms with Crippen molar-refractivity contribution >= 4 is 17.6 Å². The van der Waals surface area contributed by atoms with Crippen molar-refractivity contribution < 1.29 is 14.6 Å². The first-order valence-electron chi connectivity index (χ1n) is 12.1. The number of hydrogen-bond donors (Lipinski definition) is 3. The molecule has 6 heteroatoms. The number of hydrogen-bond acceptors (Lipinski definition) is 3. The molecule has 0 heterocycles. The highest BCUT2D eigenvalue weighted by molar-refractivity contribution is 5.94. The SMILES string of the molecule is O=C(O)c1ccc(NC(=NCc2ccccc2)NCCOC23CC4CC(CC(C4)C2)C3)cc1. The van der Waals surface area contributed by atoms with Gasteiger partial charge in [0, 0.05) is 12.2 Å². The molecule has 0 saturated heterocycles. The van der Waals surface area contributed by atoms with Crippen molar-refractivity contribution in [1.29, 1.82) is 0 Å². The molecule has 0 radical (unpaired) electrons. The van der Waals surface area contributed by atoms with Gasteiger partial charge in [0.25, 0.3) is 0 Å². The van der Waals surface area contributed by atoms with Crippen molar-refractivity contribution in [2.24, 2.45) is 22.7 Å². The number of carboxylic acid groups (broad SMARTS) is 1. The summed E-state index contributed by atoms with van der Waals surface area (Å²) in [5.41, 5.74) is 2.30. The van der Waals surface area contributed by atoms with E-state index >= 15 is 0 Å². The molecule has 0 unspecified atom stereocenters. The highest BCUT2D eigenvalue weighted by Gasteiger charge is 2.51. The van der Waals surface area contributed by atoms with Crippen molar-refractivity contribution in [3.63, 3.8) is 0 Å². The van der Waals surface area contributed by atoms with E-state index in [0.717, 1.165) is 29.0 Å². The Morgan fingerprint density at radius 1 is 0.970 bits per heavy atom. The summed E-state index contributed by atoms with van der Waals surface area (Å²) in [5, 5.41) is 15.8. The zero-order valence-electron chi connectivity index (χ0n) is 19.0. The topological polar surface area (TPSA) is 83.0 Å². The van der Waals surface area contributed by atoms with Crippen LogP contribution in [-0.4, -0.2) is 35.8 Å². The number of aliphatic imine (C=N–C) groups is 1. The molecule has 4 fully saturated rings. The lowest BCUT2D eigenvalue weighted by molar-refractivity contribution is -0.160. The smallest absolute Gasteiger partial charge is 0.335 e. The van der Waals surface area contributed by atoms with E-state index in [-0.39, 0.29) is 11.2 Å². The quantitative estimate of drug-likeness (QED) is 0.304. The van der Waals surface area contributed by atoms with Crippen LogP contribution < -0.4 is 10.6 Å². The average molecular weight is 448 g/mol. The normalized spacial score (nSPS) is 28.0. The van der Waals surface area contributed by atoms with E-state index in [1.54, 1.807) is 24.3 Å². The fourth-order valence-corrected chi connectivity index (χ4v) is 6.37. The second-order valence-corrected chi connectivity index (χ2v) is 10.0. The number of carboxylic acids is 1. The molecular formula is C27H33N3O3. The van der Waals surface area contributed by atoms with Crippen LogP contribution in [0.15, 0.2) is 59.6 Å². The maximum atomic E-state index is 11.1. The van der Waals surface area contributed by atoms with Crippen LogP contribution in [0.4, 0.5) is 5.69 Å². The van der Waals surface area contributed by atoms with Crippen LogP contribution in [0.25, 0.3) is 0 Å². The average Bonchev–Trinajstić information content (AvgIpc) is 2.80. The number of rotatable bonds is 8. The molecular weight excluding hydrogens is 414 g/mol. The number of nitrogens with one attached hydrogen (secondary N) is 2. The Morgan fingerprint density at radius 3 is 2.21 bits per heavy atom. The summed E-state index contributed by atoms with van der Waals surface area (Å²) >= 11 is 0. The van der Waals surface area contributed by atoms with Gasteiger partial charge in [0.05, 0.1) is 24.3 Å². The molecule has 6 rings (SSSR count). The highest BCUT2D eigenvalue weighted by Crippen LogP contribution is 2.57. The van der Waals surface area contributed by atoms with Gasteiger partial charge in [-0.25, -0.2) is 9.79 Å². The van der Waals surface area contributed by atoms with Gasteiger partial charge in [0.2, 0.25) is 0 Å². The third-order valence-electron chi connectivity index (χ3n) is 7.44. The first-order valence-corrected chi connectivity index (χ1v) is 12.1. The van der Waals surface area contributed by atoms with E-state index in [0.29, 0.717) is 25.7 Å². The van der Waals surface area contributed by atoms with E-state index < -0.39 is 5.97 Å². The maximum absolute atomic E-state index is 11.1. The molecule has 33 heavy (non-hydrogen) atoms. The Bertz CT molecular complexity index is 952. The number of anilines is 1. The van der Waals surface area contributed by atoms with Gasteiger partial charge in [-0.1, -0.05) is 30.3 Å². The van der Waals surface area contributed by atoms with Gasteiger partial charge in [-0.05, 0) is 86.1 Å². The first kappa shape index (κ1) is 22.0. The van der Waals surface area contributed by atoms with Crippen molar-refractivity contribution in [1.82, 2.24) is 5.32 Å². The Morgan fingerprint density at radius 2 is 1.61 bits per heavy atom. The Hall–Kier alpha value is -2.86. The van der Waals surface area contributed by atoms with Gasteiger partial charge in [-0.2, -0.15) is 0 Å². The van der Waals surface area contributed by atoms with E-state index in [4.69, 9.17) is 14.8 Å². The standard InChI is InChI=1S/C27H33N3O3/c31-25(32)23-6-8-24(9-7-23)30-26(29-18-19-4-2-1-3-5-19)28-10-11-33-27-15-20-12-21(16-27)14-22(13-20)17-27/h1-9,20-22H,10-18H2,(H,31,32)(H2,28,29,30). The molecule has 0 atom stereocenters. The highest BCUT2D eigenvalue weighted by atomic mass is 16.5. The van der Waals surface area contributed by atoms with Crippen molar-refractivity contribution in [2.75, 3.05) is 18.5 Å². The summed E-state index contributed by atoms with van der Waals surface area (Å²) < 4.78 is 6.54. The van der Waals surface area contributed by atoms with E-state index in [1.165, 1.54) is 38.5 Å². The van der Waals surface area contributed by atoms with Crippen LogP contribution in [0.3, 0.4) is 0 Å². The van der Waals surface area contributed by atoms with Crippen molar-refractivity contribution in [3.05, 3.63) is 65.7 Å². The molecule has 0 spiro atoms. The Kier molecular flexibility index (Phi) is 6.36. The molecule has 4 aliphatic carbocycles. The lowest BCUT2D eigenvalue weighted by Gasteiger charge is -2.56. The minimum absolute atomic E-state index is 0.109. The van der Waals surface area contributed by atoms with Crippen molar-refractivity contribution in [2.45, 2.75) is 50.7 Å². The summed E-state index contributed by atoms with van der Waals surface area (Å²) in [6, 6.07) is 16.8. The predicted octanol–water partition coefficient (Wildman–Crippen LogP) is 4.93. The molecule has 0 aromatic heterocycles. The number of aromatic carboxylic acids is 1. The van der Waals surface area contributed by atoms with E-state index in [1.807, 2.05) is 18.2 Å². The molecule has 6 nitrogen and oxygen atoms in total. The maximum Gasteiger partial charge on any atom is 0.335 e. The summed E-state index contributed by atoms with van der Waals surface area (Å²) in [6.07, 6.45) is 7.97. The number of benzene rings is 2. The number of ether oxygens (including phenoxy) is 1. The van der Waals surface area contributed by atoms with Gasteiger partial charge in [0.15, 0.2) is 5.96 Å². The van der Waals surface area contributed by atoms with Crippen LogP contribution >= 0.6 is 0 Å². The molecule has 4 saturated carbocycles. The fourth-order valence-electron chi connectivity index (χ4n) is 6.37. The lowest BCUT2D eigenvalue weighted by atomic mass is 9.54. The van der Waals surface area contributed by atoms with Crippen LogP contribution in [0.5, 0.6) is 0 Å². The van der Waals surface area contributed by atoms with E-state index in [9.17, 15) is 4.79 Å². The summed E-state index contributed by atoms with van der Waals surface area (Å²) in [5.74, 6) is 2.36.